The number of carbonyl (C=O) groups is 1. The van der Waals surface area contributed by atoms with E-state index in [-0.39, 0.29) is 11.5 Å². The highest BCUT2D eigenvalue weighted by atomic mass is 16.5. The van der Waals surface area contributed by atoms with Gasteiger partial charge in [0, 0.05) is 23.0 Å². The summed E-state index contributed by atoms with van der Waals surface area (Å²) in [5.41, 5.74) is 2.88. The molecule has 23 heavy (non-hydrogen) atoms. The van der Waals surface area contributed by atoms with Crippen molar-refractivity contribution in [3.63, 3.8) is 0 Å². The molecule has 1 aromatic heterocycles. The molecule has 1 saturated carbocycles. The Balaban J connectivity index is 1.57. The highest BCUT2D eigenvalue weighted by molar-refractivity contribution is 6.04. The largest absolute Gasteiger partial charge is 0.493 e. The summed E-state index contributed by atoms with van der Waals surface area (Å²) in [6, 6.07) is 8.80. The van der Waals surface area contributed by atoms with E-state index < -0.39 is 0 Å². The van der Waals surface area contributed by atoms with Crippen molar-refractivity contribution in [2.24, 2.45) is 0 Å². The molecular formula is C18H18N2O3. The number of hydrogen-bond donors (Lipinski definition) is 2. The Kier molecular flexibility index (Phi) is 3.41. The van der Waals surface area contributed by atoms with E-state index in [9.17, 15) is 9.59 Å². The van der Waals surface area contributed by atoms with Crippen LogP contribution < -0.4 is 15.6 Å². The molecule has 2 aliphatic rings. The van der Waals surface area contributed by atoms with Crippen LogP contribution in [0.5, 0.6) is 5.75 Å². The van der Waals surface area contributed by atoms with Gasteiger partial charge < -0.3 is 15.0 Å². The fourth-order valence-corrected chi connectivity index (χ4v) is 2.95. The molecule has 1 fully saturated rings. The maximum absolute atomic E-state index is 12.4. The molecule has 2 aromatic rings. The summed E-state index contributed by atoms with van der Waals surface area (Å²) in [5.74, 6) is 1.03. The lowest BCUT2D eigenvalue weighted by atomic mass is 10.1. The highest BCUT2D eigenvalue weighted by Crippen LogP contribution is 2.38. The van der Waals surface area contributed by atoms with E-state index in [2.05, 4.69) is 10.3 Å². The Bertz CT molecular complexity index is 821. The Morgan fingerprint density at radius 2 is 2.09 bits per heavy atom. The number of aromatic amines is 1. The monoisotopic (exact) mass is 310 g/mol. The number of rotatable bonds is 3. The van der Waals surface area contributed by atoms with Gasteiger partial charge in [-0.15, -0.1) is 0 Å². The summed E-state index contributed by atoms with van der Waals surface area (Å²) in [7, 11) is 0. The van der Waals surface area contributed by atoms with Crippen molar-refractivity contribution in [3.05, 3.63) is 57.5 Å². The maximum Gasteiger partial charge on any atom is 0.255 e. The molecule has 2 heterocycles. The highest BCUT2D eigenvalue weighted by Gasteiger charge is 2.25. The molecule has 0 unspecified atom stereocenters. The van der Waals surface area contributed by atoms with Crippen LogP contribution in [0.25, 0.3) is 0 Å². The zero-order valence-corrected chi connectivity index (χ0v) is 12.7. The van der Waals surface area contributed by atoms with Gasteiger partial charge in [0.1, 0.15) is 5.75 Å². The summed E-state index contributed by atoms with van der Waals surface area (Å²) in [4.78, 5) is 27.0. The molecule has 5 nitrogen and oxygen atoms in total. The summed E-state index contributed by atoms with van der Waals surface area (Å²) >= 11 is 0. The van der Waals surface area contributed by atoms with Crippen LogP contribution in [0, 0.1) is 0 Å². The minimum Gasteiger partial charge on any atom is -0.493 e. The average Bonchev–Trinajstić information content (AvgIpc) is 3.39. The lowest BCUT2D eigenvalue weighted by Gasteiger charge is -2.18. The van der Waals surface area contributed by atoms with Crippen molar-refractivity contribution in [1.29, 1.82) is 0 Å². The molecule has 0 atom stereocenters. The van der Waals surface area contributed by atoms with Crippen LogP contribution in [0.2, 0.25) is 0 Å². The van der Waals surface area contributed by atoms with E-state index in [1.807, 2.05) is 18.2 Å². The summed E-state index contributed by atoms with van der Waals surface area (Å²) in [6.07, 6.45) is 4.09. The number of anilines is 1. The summed E-state index contributed by atoms with van der Waals surface area (Å²) in [6.45, 7) is 0.745. The molecule has 1 aliphatic carbocycles. The Hall–Kier alpha value is -2.56. The molecule has 5 heteroatoms. The lowest BCUT2D eigenvalue weighted by Crippen LogP contribution is -2.18. The third kappa shape index (κ3) is 2.99. The van der Waals surface area contributed by atoms with Crippen molar-refractivity contribution in [1.82, 2.24) is 4.98 Å². The van der Waals surface area contributed by atoms with E-state index in [0.29, 0.717) is 11.5 Å². The van der Waals surface area contributed by atoms with Crippen LogP contribution in [0.1, 0.15) is 46.8 Å². The number of amides is 1. The number of benzene rings is 1. The first-order valence-corrected chi connectivity index (χ1v) is 8.00. The quantitative estimate of drug-likeness (QED) is 0.915. The fraction of sp³-hybridized carbons (Fsp3) is 0.333. The first-order chi connectivity index (χ1) is 11.2. The molecule has 0 radical (unpaired) electrons. The van der Waals surface area contributed by atoms with Gasteiger partial charge in [0.05, 0.1) is 6.61 Å². The second-order valence-corrected chi connectivity index (χ2v) is 6.19. The molecule has 4 rings (SSSR count). The normalized spacial score (nSPS) is 16.3. The molecule has 0 saturated heterocycles. The van der Waals surface area contributed by atoms with Crippen molar-refractivity contribution in [3.8, 4) is 5.75 Å². The van der Waals surface area contributed by atoms with Gasteiger partial charge in [0.2, 0.25) is 5.56 Å². The predicted octanol–water partition coefficient (Wildman–Crippen LogP) is 2.83. The van der Waals surface area contributed by atoms with Crippen LogP contribution in [-0.4, -0.2) is 17.5 Å². The maximum atomic E-state index is 12.4. The standard InChI is InChI=1S/C18H18N2O3/c21-17-10-13(9-15(20-17)11-3-4-11)18(22)19-14-5-6-16-12(8-14)2-1-7-23-16/h5-6,8-11H,1-4,7H2,(H,19,22)(H,20,21). The van der Waals surface area contributed by atoms with Crippen molar-refractivity contribution < 1.29 is 9.53 Å². The van der Waals surface area contributed by atoms with Gasteiger partial charge in [-0.2, -0.15) is 0 Å². The van der Waals surface area contributed by atoms with Crippen molar-refractivity contribution in [2.45, 2.75) is 31.6 Å². The van der Waals surface area contributed by atoms with Gasteiger partial charge >= 0.3 is 0 Å². The van der Waals surface area contributed by atoms with Gasteiger partial charge in [-0.3, -0.25) is 9.59 Å². The molecule has 0 spiro atoms. The second kappa shape index (κ2) is 5.57. The number of pyridine rings is 1. The minimum atomic E-state index is -0.255. The fourth-order valence-electron chi connectivity index (χ4n) is 2.95. The van der Waals surface area contributed by atoms with Crippen LogP contribution in [0.4, 0.5) is 5.69 Å². The third-order valence-corrected chi connectivity index (χ3v) is 4.31. The zero-order chi connectivity index (χ0) is 15.8. The molecule has 118 valence electrons. The van der Waals surface area contributed by atoms with E-state index in [1.54, 1.807) is 6.07 Å². The average molecular weight is 310 g/mol. The molecule has 1 amide bonds. The number of H-pyrrole nitrogens is 1. The SMILES string of the molecule is O=C(Nc1ccc2c(c1)CCCO2)c1cc(C2CC2)[nH]c(=O)c1. The van der Waals surface area contributed by atoms with Crippen LogP contribution >= 0.6 is 0 Å². The van der Waals surface area contributed by atoms with Gasteiger partial charge in [0.25, 0.3) is 5.91 Å². The summed E-state index contributed by atoms with van der Waals surface area (Å²) < 4.78 is 5.57. The predicted molar refractivity (Wildman–Crippen MR) is 87.2 cm³/mol. The molecule has 0 bridgehead atoms. The van der Waals surface area contributed by atoms with Gasteiger partial charge in [-0.1, -0.05) is 0 Å². The van der Waals surface area contributed by atoms with Crippen LogP contribution in [0.15, 0.2) is 35.1 Å². The topological polar surface area (TPSA) is 71.2 Å². The van der Waals surface area contributed by atoms with E-state index >= 15 is 0 Å². The number of ether oxygens (including phenoxy) is 1. The second-order valence-electron chi connectivity index (χ2n) is 6.19. The molecule has 1 aliphatic heterocycles. The minimum absolute atomic E-state index is 0.224. The first-order valence-electron chi connectivity index (χ1n) is 8.00. The van der Waals surface area contributed by atoms with Crippen LogP contribution in [-0.2, 0) is 6.42 Å². The van der Waals surface area contributed by atoms with Crippen molar-refractivity contribution in [2.75, 3.05) is 11.9 Å². The van der Waals surface area contributed by atoms with Crippen LogP contribution in [0.3, 0.4) is 0 Å². The number of nitrogens with one attached hydrogen (secondary N) is 2. The van der Waals surface area contributed by atoms with E-state index in [4.69, 9.17) is 4.74 Å². The molecule has 2 N–H and O–H groups in total. The number of hydrogen-bond acceptors (Lipinski definition) is 3. The number of aromatic nitrogens is 1. The van der Waals surface area contributed by atoms with E-state index in [1.165, 1.54) is 6.07 Å². The van der Waals surface area contributed by atoms with E-state index in [0.717, 1.165) is 55.0 Å². The van der Waals surface area contributed by atoms with Gasteiger partial charge in [-0.25, -0.2) is 0 Å². The molecule has 1 aromatic carbocycles. The smallest absolute Gasteiger partial charge is 0.255 e. The number of aryl methyl sites for hydroxylation is 1. The molecular weight excluding hydrogens is 292 g/mol. The number of fused-ring (bicyclic) bond motifs is 1. The van der Waals surface area contributed by atoms with Crippen molar-refractivity contribution >= 4 is 11.6 Å². The zero-order valence-electron chi connectivity index (χ0n) is 12.7. The number of carbonyl (C=O) groups excluding carboxylic acids is 1. The Labute approximate surface area is 133 Å². The Morgan fingerprint density at radius 3 is 2.91 bits per heavy atom. The van der Waals surface area contributed by atoms with Gasteiger partial charge in [-0.05, 0) is 61.4 Å². The summed E-state index contributed by atoms with van der Waals surface area (Å²) in [5, 5.41) is 2.87. The first kappa shape index (κ1) is 14.1. The lowest BCUT2D eigenvalue weighted by molar-refractivity contribution is 0.102. The van der Waals surface area contributed by atoms with Gasteiger partial charge in [0.15, 0.2) is 0 Å². The third-order valence-electron chi connectivity index (χ3n) is 4.31. The Morgan fingerprint density at radius 1 is 1.22 bits per heavy atom.